The molecule has 1 aliphatic heterocycles. The summed E-state index contributed by atoms with van der Waals surface area (Å²) in [5.41, 5.74) is 0. The number of ether oxygens (including phenoxy) is 1. The van der Waals surface area contributed by atoms with E-state index in [1.54, 1.807) is 6.92 Å². The summed E-state index contributed by atoms with van der Waals surface area (Å²) in [6.45, 7) is 3.11. The van der Waals surface area contributed by atoms with Gasteiger partial charge in [0.2, 0.25) is 0 Å². The first-order chi connectivity index (χ1) is 10.1. The Bertz CT molecular complexity index is 372. The van der Waals surface area contributed by atoms with Crippen molar-refractivity contribution in [3.05, 3.63) is 0 Å². The fraction of sp³-hybridized carbons (Fsp3) is 0.786. The molecule has 0 bridgehead atoms. The standard InChI is InChI=1S/C14H24N2O5/c1-2-21-13(19)11-7-6-10-16(11)14(20)15-9-5-3-4-8-12(17)18/h11H,2-10H2,1H3,(H,15,20)(H,17,18). The number of carbonyl (C=O) groups is 3. The summed E-state index contributed by atoms with van der Waals surface area (Å²) in [4.78, 5) is 35.6. The van der Waals surface area contributed by atoms with Gasteiger partial charge in [-0.15, -0.1) is 0 Å². The van der Waals surface area contributed by atoms with E-state index in [4.69, 9.17) is 9.84 Å². The SMILES string of the molecule is CCOC(=O)C1CCCN1C(=O)NCCCCCC(=O)O. The predicted octanol–water partition coefficient (Wildman–Crippen LogP) is 1.37. The topological polar surface area (TPSA) is 95.9 Å². The minimum absolute atomic E-state index is 0.158. The van der Waals surface area contributed by atoms with Crippen LogP contribution in [0, 0.1) is 0 Å². The van der Waals surface area contributed by atoms with Crippen molar-refractivity contribution >= 4 is 18.0 Å². The van der Waals surface area contributed by atoms with Crippen molar-refractivity contribution in [2.24, 2.45) is 0 Å². The maximum atomic E-state index is 12.0. The van der Waals surface area contributed by atoms with Crippen LogP contribution < -0.4 is 5.32 Å². The lowest BCUT2D eigenvalue weighted by atomic mass is 10.2. The minimum Gasteiger partial charge on any atom is -0.481 e. The lowest BCUT2D eigenvalue weighted by Gasteiger charge is -2.23. The molecule has 7 heteroatoms. The van der Waals surface area contributed by atoms with Gasteiger partial charge in [-0.2, -0.15) is 0 Å². The second kappa shape index (κ2) is 9.20. The average Bonchev–Trinajstić information content (AvgIpc) is 2.91. The molecule has 1 rings (SSSR count). The highest BCUT2D eigenvalue weighted by Crippen LogP contribution is 2.18. The Morgan fingerprint density at radius 3 is 2.71 bits per heavy atom. The van der Waals surface area contributed by atoms with Crippen molar-refractivity contribution in [3.63, 3.8) is 0 Å². The molecule has 2 amide bonds. The third-order valence-corrected chi connectivity index (χ3v) is 3.42. The maximum Gasteiger partial charge on any atom is 0.328 e. The van der Waals surface area contributed by atoms with Gasteiger partial charge in [0.15, 0.2) is 0 Å². The largest absolute Gasteiger partial charge is 0.481 e. The molecule has 1 aliphatic rings. The highest BCUT2D eigenvalue weighted by Gasteiger charge is 2.34. The number of unbranched alkanes of at least 4 members (excludes halogenated alkanes) is 2. The Morgan fingerprint density at radius 1 is 1.29 bits per heavy atom. The summed E-state index contributed by atoms with van der Waals surface area (Å²) in [7, 11) is 0. The van der Waals surface area contributed by atoms with Crippen LogP contribution >= 0.6 is 0 Å². The highest BCUT2D eigenvalue weighted by molar-refractivity contribution is 5.84. The first-order valence-electron chi connectivity index (χ1n) is 7.49. The van der Waals surface area contributed by atoms with Crippen molar-refractivity contribution in [2.75, 3.05) is 19.7 Å². The second-order valence-corrected chi connectivity index (χ2v) is 5.04. The molecule has 0 aliphatic carbocycles. The molecule has 0 spiro atoms. The van der Waals surface area contributed by atoms with Gasteiger partial charge in [0.1, 0.15) is 6.04 Å². The van der Waals surface area contributed by atoms with Gasteiger partial charge in [-0.25, -0.2) is 9.59 Å². The van der Waals surface area contributed by atoms with Crippen LogP contribution in [0.1, 0.15) is 45.4 Å². The van der Waals surface area contributed by atoms with E-state index in [1.807, 2.05) is 0 Å². The van der Waals surface area contributed by atoms with E-state index >= 15 is 0 Å². The number of carboxylic acids is 1. The third-order valence-electron chi connectivity index (χ3n) is 3.42. The molecule has 1 fully saturated rings. The lowest BCUT2D eigenvalue weighted by molar-refractivity contribution is -0.147. The molecule has 1 atom stereocenters. The molecule has 0 radical (unpaired) electrons. The Labute approximate surface area is 124 Å². The molecule has 0 aromatic rings. The molecule has 21 heavy (non-hydrogen) atoms. The van der Waals surface area contributed by atoms with E-state index in [0.717, 1.165) is 19.3 Å². The molecule has 1 unspecified atom stereocenters. The predicted molar refractivity (Wildman–Crippen MR) is 75.9 cm³/mol. The van der Waals surface area contributed by atoms with Gasteiger partial charge in [-0.05, 0) is 32.6 Å². The van der Waals surface area contributed by atoms with Crippen molar-refractivity contribution in [1.29, 1.82) is 0 Å². The Hall–Kier alpha value is -1.79. The second-order valence-electron chi connectivity index (χ2n) is 5.04. The van der Waals surface area contributed by atoms with Crippen molar-refractivity contribution in [3.8, 4) is 0 Å². The first-order valence-corrected chi connectivity index (χ1v) is 7.49. The zero-order chi connectivity index (χ0) is 15.7. The molecule has 1 heterocycles. The molecule has 0 aromatic carbocycles. The van der Waals surface area contributed by atoms with Crippen molar-refractivity contribution in [2.45, 2.75) is 51.5 Å². The molecule has 0 aromatic heterocycles. The molecule has 1 saturated heterocycles. The van der Waals surface area contributed by atoms with E-state index in [0.29, 0.717) is 32.5 Å². The number of esters is 1. The fourth-order valence-electron chi connectivity index (χ4n) is 2.37. The number of urea groups is 1. The van der Waals surface area contributed by atoms with Gasteiger partial charge < -0.3 is 20.1 Å². The van der Waals surface area contributed by atoms with Crippen LogP contribution in [0.3, 0.4) is 0 Å². The van der Waals surface area contributed by atoms with Gasteiger partial charge in [-0.1, -0.05) is 6.42 Å². The smallest absolute Gasteiger partial charge is 0.328 e. The number of aliphatic carboxylic acids is 1. The van der Waals surface area contributed by atoms with Crippen LogP contribution in [0.2, 0.25) is 0 Å². The van der Waals surface area contributed by atoms with Gasteiger partial charge in [0, 0.05) is 19.5 Å². The normalized spacial score (nSPS) is 17.6. The Morgan fingerprint density at radius 2 is 2.05 bits per heavy atom. The fourth-order valence-corrected chi connectivity index (χ4v) is 2.37. The number of hydrogen-bond donors (Lipinski definition) is 2. The molecule has 120 valence electrons. The average molecular weight is 300 g/mol. The molecule has 0 saturated carbocycles. The Balaban J connectivity index is 2.24. The van der Waals surface area contributed by atoms with E-state index in [-0.39, 0.29) is 18.4 Å². The number of nitrogens with zero attached hydrogens (tertiary/aromatic N) is 1. The molecular formula is C14H24N2O5. The zero-order valence-electron chi connectivity index (χ0n) is 12.5. The zero-order valence-corrected chi connectivity index (χ0v) is 12.5. The van der Waals surface area contributed by atoms with Gasteiger partial charge in [0.05, 0.1) is 6.61 Å². The van der Waals surface area contributed by atoms with Crippen LogP contribution in [0.15, 0.2) is 0 Å². The Kier molecular flexibility index (Phi) is 7.56. The van der Waals surface area contributed by atoms with E-state index in [1.165, 1.54) is 4.90 Å². The van der Waals surface area contributed by atoms with E-state index in [2.05, 4.69) is 5.32 Å². The summed E-state index contributed by atoms with van der Waals surface area (Å²) >= 11 is 0. The van der Waals surface area contributed by atoms with Crippen LogP contribution in [0.4, 0.5) is 4.79 Å². The molecular weight excluding hydrogens is 276 g/mol. The van der Waals surface area contributed by atoms with Crippen molar-refractivity contribution < 1.29 is 24.2 Å². The summed E-state index contributed by atoms with van der Waals surface area (Å²) in [5.74, 6) is -1.14. The monoisotopic (exact) mass is 300 g/mol. The number of rotatable bonds is 8. The van der Waals surface area contributed by atoms with Gasteiger partial charge in [-0.3, -0.25) is 4.79 Å². The van der Waals surface area contributed by atoms with Crippen LogP contribution in [-0.4, -0.2) is 53.7 Å². The lowest BCUT2D eigenvalue weighted by Crippen LogP contribution is -2.46. The number of nitrogens with one attached hydrogen (secondary N) is 1. The minimum atomic E-state index is -0.798. The summed E-state index contributed by atoms with van der Waals surface area (Å²) < 4.78 is 4.97. The number of carboxylic acid groups (broad SMARTS) is 1. The third kappa shape index (κ3) is 6.01. The van der Waals surface area contributed by atoms with Gasteiger partial charge >= 0.3 is 18.0 Å². The molecule has 7 nitrogen and oxygen atoms in total. The van der Waals surface area contributed by atoms with Gasteiger partial charge in [0.25, 0.3) is 0 Å². The van der Waals surface area contributed by atoms with E-state index < -0.39 is 12.0 Å². The van der Waals surface area contributed by atoms with Crippen LogP contribution in [0.5, 0.6) is 0 Å². The number of hydrogen-bond acceptors (Lipinski definition) is 4. The summed E-state index contributed by atoms with van der Waals surface area (Å²) in [6, 6.07) is -0.722. The number of likely N-dealkylation sites (tertiary alicyclic amines) is 1. The van der Waals surface area contributed by atoms with Crippen LogP contribution in [-0.2, 0) is 14.3 Å². The highest BCUT2D eigenvalue weighted by atomic mass is 16.5. The van der Waals surface area contributed by atoms with E-state index in [9.17, 15) is 14.4 Å². The van der Waals surface area contributed by atoms with Crippen molar-refractivity contribution in [1.82, 2.24) is 10.2 Å². The molecule has 2 N–H and O–H groups in total. The number of amides is 2. The first kappa shape index (κ1) is 17.3. The van der Waals surface area contributed by atoms with Crippen LogP contribution in [0.25, 0.3) is 0 Å². The quantitative estimate of drug-likeness (QED) is 0.521. The summed E-state index contributed by atoms with van der Waals surface area (Å²) in [5, 5.41) is 11.3. The maximum absolute atomic E-state index is 12.0. The number of carbonyl (C=O) groups excluding carboxylic acids is 2. The summed E-state index contributed by atoms with van der Waals surface area (Å²) in [6.07, 6.45) is 3.70.